The van der Waals surface area contributed by atoms with Crippen molar-refractivity contribution >= 4 is 11.6 Å². The molecule has 0 aromatic carbocycles. The van der Waals surface area contributed by atoms with E-state index in [0.29, 0.717) is 11.2 Å². The van der Waals surface area contributed by atoms with E-state index in [1.54, 1.807) is 0 Å². The Labute approximate surface area is 127 Å². The molecule has 0 spiro atoms. The zero-order chi connectivity index (χ0) is 14.4. The van der Waals surface area contributed by atoms with E-state index in [9.17, 15) is 0 Å². The Kier molecular flexibility index (Phi) is 6.33. The maximum Gasteiger partial charge on any atom is 0.151 e. The Morgan fingerprint density at radius 2 is 2.30 bits per heavy atom. The lowest BCUT2D eigenvalue weighted by Crippen LogP contribution is -2.42. The van der Waals surface area contributed by atoms with E-state index in [-0.39, 0.29) is 0 Å². The molecule has 0 saturated carbocycles. The van der Waals surface area contributed by atoms with Gasteiger partial charge in [0, 0.05) is 25.6 Å². The molecule has 1 aliphatic rings. The number of unbranched alkanes of at least 4 members (excludes halogenated alkanes) is 1. The first-order valence-electron chi connectivity index (χ1n) is 7.85. The van der Waals surface area contributed by atoms with Gasteiger partial charge in [0.15, 0.2) is 5.15 Å². The number of piperidine rings is 1. The van der Waals surface area contributed by atoms with Gasteiger partial charge in [0.05, 0.1) is 5.69 Å². The molecule has 0 aliphatic carbocycles. The van der Waals surface area contributed by atoms with Crippen molar-refractivity contribution < 1.29 is 0 Å². The van der Waals surface area contributed by atoms with E-state index < -0.39 is 0 Å². The van der Waals surface area contributed by atoms with Crippen molar-refractivity contribution in [1.29, 1.82) is 0 Å². The topological polar surface area (TPSA) is 44.0 Å². The summed E-state index contributed by atoms with van der Waals surface area (Å²) in [5.41, 5.74) is 1.02. The predicted molar refractivity (Wildman–Crippen MR) is 84.2 cm³/mol. The summed E-state index contributed by atoms with van der Waals surface area (Å²) in [5.74, 6) is 1.02. The van der Waals surface area contributed by atoms with Gasteiger partial charge in [-0.1, -0.05) is 31.4 Å². The van der Waals surface area contributed by atoms with Gasteiger partial charge in [0.25, 0.3) is 0 Å². The highest BCUT2D eigenvalue weighted by Gasteiger charge is 2.18. The predicted octanol–water partition coefficient (Wildman–Crippen LogP) is 2.98. The van der Waals surface area contributed by atoms with Gasteiger partial charge >= 0.3 is 0 Å². The van der Waals surface area contributed by atoms with Crippen LogP contribution < -0.4 is 5.32 Å². The van der Waals surface area contributed by atoms with E-state index in [1.807, 2.05) is 0 Å². The van der Waals surface area contributed by atoms with Gasteiger partial charge < -0.3 is 15.2 Å². The highest BCUT2D eigenvalue weighted by atomic mass is 35.5. The Bertz CT molecular complexity index is 405. The van der Waals surface area contributed by atoms with Crippen LogP contribution in [0.1, 0.15) is 50.5 Å². The summed E-state index contributed by atoms with van der Waals surface area (Å²) in [6.07, 6.45) is 7.30. The molecule has 114 valence electrons. The Balaban J connectivity index is 1.77. The summed E-state index contributed by atoms with van der Waals surface area (Å²) >= 11 is 6.18. The molecule has 4 nitrogen and oxygen atoms in total. The number of imidazole rings is 1. The molecular weight excluding hydrogens is 272 g/mol. The largest absolute Gasteiger partial charge is 0.344 e. The molecule has 1 aromatic rings. The molecule has 1 atom stereocenters. The third kappa shape index (κ3) is 4.47. The van der Waals surface area contributed by atoms with Crippen LogP contribution in [0.25, 0.3) is 0 Å². The molecule has 0 bridgehead atoms. The monoisotopic (exact) mass is 298 g/mol. The summed E-state index contributed by atoms with van der Waals surface area (Å²) in [7, 11) is 2.22. The summed E-state index contributed by atoms with van der Waals surface area (Å²) in [5, 5.41) is 4.14. The molecule has 1 aliphatic heterocycles. The quantitative estimate of drug-likeness (QED) is 0.813. The Morgan fingerprint density at radius 3 is 3.05 bits per heavy atom. The van der Waals surface area contributed by atoms with Crippen LogP contribution in [0.4, 0.5) is 0 Å². The van der Waals surface area contributed by atoms with Crippen molar-refractivity contribution in [1.82, 2.24) is 20.2 Å². The van der Waals surface area contributed by atoms with Crippen molar-refractivity contribution in [3.05, 3.63) is 16.7 Å². The lowest BCUT2D eigenvalue weighted by molar-refractivity contribution is 0.181. The van der Waals surface area contributed by atoms with E-state index in [2.05, 4.69) is 34.2 Å². The Morgan fingerprint density at radius 1 is 1.45 bits per heavy atom. The summed E-state index contributed by atoms with van der Waals surface area (Å²) < 4.78 is 0. The van der Waals surface area contributed by atoms with Crippen molar-refractivity contribution in [2.24, 2.45) is 0 Å². The standard InChI is InChI=1S/C15H27ClN4/c1-3-4-8-14-18-13(15(16)19-14)11-17-10-12-7-5-6-9-20(12)2/h12,17H,3-11H2,1-2H3,(H,18,19). The van der Waals surface area contributed by atoms with Crippen LogP contribution in [0.5, 0.6) is 0 Å². The number of hydrogen-bond donors (Lipinski definition) is 2. The normalized spacial score (nSPS) is 20.4. The first-order chi connectivity index (χ1) is 9.70. The number of nitrogens with zero attached hydrogens (tertiary/aromatic N) is 2. The van der Waals surface area contributed by atoms with Gasteiger partial charge in [-0.3, -0.25) is 0 Å². The SMILES string of the molecule is CCCCc1nc(Cl)c(CNCC2CCCCN2C)[nH]1. The van der Waals surface area contributed by atoms with Crippen LogP contribution in [-0.4, -0.2) is 41.0 Å². The fourth-order valence-corrected chi connectivity index (χ4v) is 3.00. The van der Waals surface area contributed by atoms with E-state index in [0.717, 1.165) is 37.4 Å². The fraction of sp³-hybridized carbons (Fsp3) is 0.800. The second kappa shape index (κ2) is 8.01. The molecule has 1 aromatic heterocycles. The van der Waals surface area contributed by atoms with Gasteiger partial charge in [0.2, 0.25) is 0 Å². The molecule has 1 fully saturated rings. The summed E-state index contributed by atoms with van der Waals surface area (Å²) in [6, 6.07) is 0.657. The maximum absolute atomic E-state index is 6.18. The van der Waals surface area contributed by atoms with Crippen molar-refractivity contribution in [3.63, 3.8) is 0 Å². The number of likely N-dealkylation sites (N-methyl/N-ethyl adjacent to an activating group) is 1. The molecule has 2 rings (SSSR count). The average Bonchev–Trinajstić information content (AvgIpc) is 2.79. The summed E-state index contributed by atoms with van der Waals surface area (Å²) in [4.78, 5) is 10.2. The third-order valence-corrected chi connectivity index (χ3v) is 4.46. The number of hydrogen-bond acceptors (Lipinski definition) is 3. The molecule has 2 N–H and O–H groups in total. The van der Waals surface area contributed by atoms with Gasteiger partial charge in [-0.25, -0.2) is 4.98 Å². The van der Waals surface area contributed by atoms with E-state index in [1.165, 1.54) is 32.2 Å². The van der Waals surface area contributed by atoms with Gasteiger partial charge in [-0.05, 0) is 32.9 Å². The van der Waals surface area contributed by atoms with Gasteiger partial charge in [-0.2, -0.15) is 0 Å². The van der Waals surface area contributed by atoms with Crippen molar-refractivity contribution in [2.75, 3.05) is 20.1 Å². The second-order valence-corrected chi connectivity index (χ2v) is 6.18. The molecular formula is C15H27ClN4. The lowest BCUT2D eigenvalue weighted by Gasteiger charge is -2.32. The van der Waals surface area contributed by atoms with Gasteiger partial charge in [-0.15, -0.1) is 0 Å². The lowest BCUT2D eigenvalue weighted by atomic mass is 10.0. The molecule has 1 saturated heterocycles. The molecule has 0 radical (unpaired) electrons. The minimum Gasteiger partial charge on any atom is -0.344 e. The minimum absolute atomic E-state index is 0.626. The third-order valence-electron chi connectivity index (χ3n) is 4.15. The van der Waals surface area contributed by atoms with Crippen LogP contribution in [0.3, 0.4) is 0 Å². The highest BCUT2D eigenvalue weighted by molar-refractivity contribution is 6.30. The van der Waals surface area contributed by atoms with E-state index in [4.69, 9.17) is 11.6 Å². The molecule has 1 unspecified atom stereocenters. The number of nitrogens with one attached hydrogen (secondary N) is 2. The first-order valence-corrected chi connectivity index (χ1v) is 8.22. The van der Waals surface area contributed by atoms with Crippen LogP contribution in [0.15, 0.2) is 0 Å². The zero-order valence-corrected chi connectivity index (χ0v) is 13.5. The summed E-state index contributed by atoms with van der Waals surface area (Å²) in [6.45, 7) is 5.21. The minimum atomic E-state index is 0.626. The number of halogens is 1. The number of likely N-dealkylation sites (tertiary alicyclic amines) is 1. The molecule has 2 heterocycles. The highest BCUT2D eigenvalue weighted by Crippen LogP contribution is 2.16. The average molecular weight is 299 g/mol. The fourth-order valence-electron chi connectivity index (χ4n) is 2.79. The van der Waals surface area contributed by atoms with Crippen LogP contribution in [-0.2, 0) is 13.0 Å². The zero-order valence-electron chi connectivity index (χ0n) is 12.7. The van der Waals surface area contributed by atoms with Crippen LogP contribution in [0, 0.1) is 0 Å². The number of rotatable bonds is 7. The molecule has 0 amide bonds. The number of H-pyrrole nitrogens is 1. The maximum atomic E-state index is 6.18. The molecule has 5 heteroatoms. The number of aromatic amines is 1. The van der Waals surface area contributed by atoms with Crippen LogP contribution in [0.2, 0.25) is 5.15 Å². The van der Waals surface area contributed by atoms with Crippen molar-refractivity contribution in [2.45, 2.75) is 58.0 Å². The van der Waals surface area contributed by atoms with Gasteiger partial charge in [0.1, 0.15) is 5.82 Å². The second-order valence-electron chi connectivity index (χ2n) is 5.82. The number of aromatic nitrogens is 2. The van der Waals surface area contributed by atoms with Crippen molar-refractivity contribution in [3.8, 4) is 0 Å². The van der Waals surface area contributed by atoms with Crippen LogP contribution >= 0.6 is 11.6 Å². The molecule has 20 heavy (non-hydrogen) atoms. The number of aryl methyl sites for hydroxylation is 1. The van der Waals surface area contributed by atoms with E-state index >= 15 is 0 Å². The smallest absolute Gasteiger partial charge is 0.151 e. The first kappa shape index (κ1) is 15.8. The Hall–Kier alpha value is -0.580.